The van der Waals surface area contributed by atoms with E-state index in [1.54, 1.807) is 26.0 Å². The van der Waals surface area contributed by atoms with Crippen LogP contribution < -0.4 is 20.8 Å². The Balaban J connectivity index is 2.41. The summed E-state index contributed by atoms with van der Waals surface area (Å²) in [4.78, 5) is 34.1. The largest absolute Gasteiger partial charge is 0.548 e. The summed E-state index contributed by atoms with van der Waals surface area (Å²) < 4.78 is 11.0. The average Bonchev–Trinajstić information content (AvgIpc) is 2.49. The van der Waals surface area contributed by atoms with E-state index in [9.17, 15) is 19.5 Å². The predicted molar refractivity (Wildman–Crippen MR) is 84.8 cm³/mol. The molecule has 1 aromatic carbocycles. The van der Waals surface area contributed by atoms with Crippen molar-refractivity contribution in [3.63, 3.8) is 0 Å². The highest BCUT2D eigenvalue weighted by molar-refractivity contribution is 5.89. The van der Waals surface area contributed by atoms with E-state index in [0.29, 0.717) is 27.8 Å². The van der Waals surface area contributed by atoms with E-state index in [1.165, 1.54) is 6.92 Å². The van der Waals surface area contributed by atoms with Crippen LogP contribution in [0, 0.1) is 20.8 Å². The molecule has 7 heteroatoms. The molecule has 1 atom stereocenters. The minimum absolute atomic E-state index is 0.375. The van der Waals surface area contributed by atoms with Crippen molar-refractivity contribution in [2.75, 3.05) is 6.54 Å². The van der Waals surface area contributed by atoms with Gasteiger partial charge in [0.05, 0.1) is 17.9 Å². The van der Waals surface area contributed by atoms with Crippen molar-refractivity contribution < 1.29 is 23.8 Å². The molecule has 0 aliphatic rings. The molecule has 1 N–H and O–H groups in total. The minimum Gasteiger partial charge on any atom is -0.548 e. The van der Waals surface area contributed by atoms with Gasteiger partial charge in [0.1, 0.15) is 11.3 Å². The summed E-state index contributed by atoms with van der Waals surface area (Å²) in [5.41, 5.74) is 1.92. The van der Waals surface area contributed by atoms with Gasteiger partial charge in [0.25, 0.3) is 5.91 Å². The van der Waals surface area contributed by atoms with Crippen molar-refractivity contribution in [2.45, 2.75) is 33.8 Å². The zero-order valence-corrected chi connectivity index (χ0v) is 13.9. The number of benzene rings is 1. The third-order valence-corrected chi connectivity index (χ3v) is 3.74. The van der Waals surface area contributed by atoms with Crippen LogP contribution in [0.25, 0.3) is 11.0 Å². The summed E-state index contributed by atoms with van der Waals surface area (Å²) >= 11 is 0. The number of ether oxygens (including phenoxy) is 1. The highest BCUT2D eigenvalue weighted by Gasteiger charge is 2.19. The third-order valence-electron chi connectivity index (χ3n) is 3.74. The number of carbonyl (C=O) groups excluding carboxylic acids is 2. The molecule has 0 spiro atoms. The number of hydrogen-bond acceptors (Lipinski definition) is 6. The van der Waals surface area contributed by atoms with Crippen LogP contribution in [-0.2, 0) is 9.59 Å². The van der Waals surface area contributed by atoms with Crippen LogP contribution in [0.2, 0.25) is 0 Å². The Bertz CT molecular complexity index is 867. The Morgan fingerprint density at radius 3 is 2.54 bits per heavy atom. The van der Waals surface area contributed by atoms with Gasteiger partial charge in [-0.05, 0) is 51.0 Å². The van der Waals surface area contributed by atoms with Gasteiger partial charge in [-0.1, -0.05) is 0 Å². The first-order chi connectivity index (χ1) is 11.2. The van der Waals surface area contributed by atoms with Crippen molar-refractivity contribution in [1.29, 1.82) is 0 Å². The van der Waals surface area contributed by atoms with Crippen LogP contribution in [-0.4, -0.2) is 24.5 Å². The van der Waals surface area contributed by atoms with Crippen molar-refractivity contribution in [3.05, 3.63) is 39.2 Å². The SMILES string of the molecule is Cc1cc(O[C@H](C)C(=O)NCC(=O)[O-])c2c(C)c(C)c(=O)oc2c1. The molecule has 0 saturated carbocycles. The van der Waals surface area contributed by atoms with E-state index < -0.39 is 30.2 Å². The second-order valence-electron chi connectivity index (χ2n) is 5.63. The number of hydrogen-bond donors (Lipinski definition) is 1. The zero-order valence-electron chi connectivity index (χ0n) is 13.9. The third kappa shape index (κ3) is 3.56. The number of carboxylic acids is 1. The molecule has 0 aliphatic carbocycles. The lowest BCUT2D eigenvalue weighted by Crippen LogP contribution is -2.43. The van der Waals surface area contributed by atoms with Crippen LogP contribution in [0.15, 0.2) is 21.3 Å². The summed E-state index contributed by atoms with van der Waals surface area (Å²) in [6, 6.07) is 3.45. The van der Waals surface area contributed by atoms with Crippen molar-refractivity contribution in [3.8, 4) is 5.75 Å². The topological polar surface area (TPSA) is 109 Å². The Labute approximate surface area is 138 Å². The molecule has 0 unspecified atom stereocenters. The molecule has 0 radical (unpaired) electrons. The van der Waals surface area contributed by atoms with Gasteiger partial charge in [-0.2, -0.15) is 0 Å². The maximum atomic E-state index is 11.9. The Kier molecular flexibility index (Phi) is 4.92. The lowest BCUT2D eigenvalue weighted by Gasteiger charge is -2.18. The second kappa shape index (κ2) is 6.74. The smallest absolute Gasteiger partial charge is 0.339 e. The molecule has 0 bridgehead atoms. The van der Waals surface area contributed by atoms with E-state index in [0.717, 1.165) is 5.56 Å². The number of rotatable bonds is 5. The van der Waals surface area contributed by atoms with Crippen LogP contribution in [0.5, 0.6) is 5.75 Å². The number of fused-ring (bicyclic) bond motifs is 1. The van der Waals surface area contributed by atoms with Crippen LogP contribution in [0.1, 0.15) is 23.6 Å². The van der Waals surface area contributed by atoms with Crippen molar-refractivity contribution in [1.82, 2.24) is 5.32 Å². The Morgan fingerprint density at radius 2 is 1.92 bits per heavy atom. The lowest BCUT2D eigenvalue weighted by molar-refractivity contribution is -0.304. The summed E-state index contributed by atoms with van der Waals surface area (Å²) in [5, 5.41) is 13.2. The van der Waals surface area contributed by atoms with Crippen LogP contribution in [0.4, 0.5) is 0 Å². The maximum absolute atomic E-state index is 11.9. The minimum atomic E-state index is -1.38. The van der Waals surface area contributed by atoms with Gasteiger partial charge in [-0.15, -0.1) is 0 Å². The molecule has 2 aromatic rings. The van der Waals surface area contributed by atoms with Gasteiger partial charge < -0.3 is 24.4 Å². The maximum Gasteiger partial charge on any atom is 0.339 e. The quantitative estimate of drug-likeness (QED) is 0.792. The Morgan fingerprint density at radius 1 is 1.25 bits per heavy atom. The molecule has 1 heterocycles. The van der Waals surface area contributed by atoms with Crippen molar-refractivity contribution in [2.24, 2.45) is 0 Å². The molecular weight excluding hydrogens is 314 g/mol. The number of amides is 1. The number of aryl methyl sites for hydroxylation is 2. The predicted octanol–water partition coefficient (Wildman–Crippen LogP) is 0.352. The monoisotopic (exact) mass is 332 g/mol. The molecule has 1 aromatic heterocycles. The molecular formula is C17H18NO6-. The summed E-state index contributed by atoms with van der Waals surface area (Å²) in [7, 11) is 0. The van der Waals surface area contributed by atoms with E-state index in [4.69, 9.17) is 9.15 Å². The lowest BCUT2D eigenvalue weighted by atomic mass is 10.0. The van der Waals surface area contributed by atoms with E-state index >= 15 is 0 Å². The second-order valence-corrected chi connectivity index (χ2v) is 5.63. The fourth-order valence-electron chi connectivity index (χ4n) is 2.33. The fraction of sp³-hybridized carbons (Fsp3) is 0.353. The standard InChI is InChI=1S/C17H19NO6/c1-8-5-12(23-11(4)16(21)18-7-14(19)20)15-9(2)10(3)17(22)24-13(15)6-8/h5-6,11H,7H2,1-4H3,(H,18,21)(H,19,20)/p-1/t11-/m1/s1. The molecule has 1 amide bonds. The normalized spacial score (nSPS) is 12.0. The van der Waals surface area contributed by atoms with E-state index in [-0.39, 0.29) is 0 Å². The summed E-state index contributed by atoms with van der Waals surface area (Å²) in [6.07, 6.45) is -0.930. The highest BCUT2D eigenvalue weighted by Crippen LogP contribution is 2.31. The first kappa shape index (κ1) is 17.5. The average molecular weight is 332 g/mol. The van der Waals surface area contributed by atoms with E-state index in [2.05, 4.69) is 5.32 Å². The van der Waals surface area contributed by atoms with Gasteiger partial charge in [0.15, 0.2) is 6.10 Å². The molecule has 0 aliphatic heterocycles. The first-order valence-corrected chi connectivity index (χ1v) is 7.39. The van der Waals surface area contributed by atoms with Gasteiger partial charge in [0, 0.05) is 5.56 Å². The zero-order chi connectivity index (χ0) is 18.0. The first-order valence-electron chi connectivity index (χ1n) is 7.39. The van der Waals surface area contributed by atoms with Crippen molar-refractivity contribution >= 4 is 22.8 Å². The number of carbonyl (C=O) groups is 2. The van der Waals surface area contributed by atoms with Crippen LogP contribution >= 0.6 is 0 Å². The van der Waals surface area contributed by atoms with Gasteiger partial charge in [-0.3, -0.25) is 4.79 Å². The van der Waals surface area contributed by atoms with Crippen LogP contribution in [0.3, 0.4) is 0 Å². The summed E-state index contributed by atoms with van der Waals surface area (Å²) in [5.74, 6) is -1.57. The van der Waals surface area contributed by atoms with Gasteiger partial charge >= 0.3 is 5.63 Å². The summed E-state index contributed by atoms with van der Waals surface area (Å²) in [6.45, 7) is 6.15. The molecule has 7 nitrogen and oxygen atoms in total. The molecule has 128 valence electrons. The van der Waals surface area contributed by atoms with Gasteiger partial charge in [0.2, 0.25) is 0 Å². The number of aliphatic carboxylic acids is 1. The number of carboxylic acid groups (broad SMARTS) is 1. The number of nitrogens with one attached hydrogen (secondary N) is 1. The highest BCUT2D eigenvalue weighted by atomic mass is 16.5. The van der Waals surface area contributed by atoms with Gasteiger partial charge in [-0.25, -0.2) is 4.79 Å². The fourth-order valence-corrected chi connectivity index (χ4v) is 2.33. The molecule has 0 fully saturated rings. The Hall–Kier alpha value is -2.83. The van der Waals surface area contributed by atoms with E-state index in [1.807, 2.05) is 6.92 Å². The molecule has 24 heavy (non-hydrogen) atoms. The molecule has 0 saturated heterocycles. The molecule has 2 rings (SSSR count).